The standard InChI is InChI=1S/C8H7Cl3N2O2S/c9-4-8(12)13-16(14,15)7-2-5(10)1-6(11)3-7/h1-3H,4H2,(H2,12,13)/p+1. The van der Waals surface area contributed by atoms with E-state index in [2.05, 4.69) is 4.40 Å². The molecule has 3 N–H and O–H groups in total. The summed E-state index contributed by atoms with van der Waals surface area (Å²) in [6, 6.07) is 3.95. The minimum Gasteiger partial charge on any atom is -0.289 e. The largest absolute Gasteiger partial charge is 0.328 e. The third kappa shape index (κ3) is 3.52. The summed E-state index contributed by atoms with van der Waals surface area (Å²) in [5, 5.41) is 0.439. The Kier molecular flexibility index (Phi) is 4.43. The van der Waals surface area contributed by atoms with Crippen LogP contribution in [-0.2, 0) is 10.0 Å². The van der Waals surface area contributed by atoms with Gasteiger partial charge in [-0.25, -0.2) is 0 Å². The second-order valence-corrected chi connectivity index (χ2v) is 5.69. The van der Waals surface area contributed by atoms with Crippen molar-refractivity contribution >= 4 is 50.7 Å². The second kappa shape index (κ2) is 5.23. The van der Waals surface area contributed by atoms with Crippen molar-refractivity contribution in [2.45, 2.75) is 4.90 Å². The van der Waals surface area contributed by atoms with Crippen LogP contribution in [0.1, 0.15) is 0 Å². The predicted octanol–water partition coefficient (Wildman–Crippen LogP) is 0.359. The van der Waals surface area contributed by atoms with E-state index in [0.717, 1.165) is 0 Å². The fourth-order valence-electron chi connectivity index (χ4n) is 0.942. The van der Waals surface area contributed by atoms with E-state index >= 15 is 0 Å². The van der Waals surface area contributed by atoms with Gasteiger partial charge in [-0.3, -0.25) is 5.73 Å². The minimum absolute atomic E-state index is 0.0712. The van der Waals surface area contributed by atoms with Crippen LogP contribution in [0.4, 0.5) is 0 Å². The molecular weight excluding hydrogens is 295 g/mol. The Bertz CT molecular complexity index is 508. The highest BCUT2D eigenvalue weighted by Crippen LogP contribution is 2.20. The van der Waals surface area contributed by atoms with E-state index in [1.165, 1.54) is 18.2 Å². The number of hydrogen-bond acceptors (Lipinski definition) is 2. The zero-order valence-corrected chi connectivity index (χ0v) is 11.0. The number of benzene rings is 1. The number of alkyl halides is 1. The van der Waals surface area contributed by atoms with Gasteiger partial charge in [0.15, 0.2) is 0 Å². The maximum atomic E-state index is 11.7. The maximum Gasteiger partial charge on any atom is 0.328 e. The molecule has 0 saturated carbocycles. The fraction of sp³-hybridized carbons (Fsp3) is 0.125. The maximum absolute atomic E-state index is 11.7. The van der Waals surface area contributed by atoms with Gasteiger partial charge in [-0.15, -0.1) is 11.6 Å². The average Bonchev–Trinajstić information content (AvgIpc) is 2.15. The summed E-state index contributed by atoms with van der Waals surface area (Å²) < 4.78 is 25.5. The molecule has 8 heteroatoms. The first-order valence-corrected chi connectivity index (χ1v) is 6.78. The van der Waals surface area contributed by atoms with Gasteiger partial charge in [-0.1, -0.05) is 23.2 Å². The van der Waals surface area contributed by atoms with E-state index in [9.17, 15) is 8.42 Å². The fourth-order valence-corrected chi connectivity index (χ4v) is 2.84. The number of rotatable bonds is 3. The van der Waals surface area contributed by atoms with Crippen LogP contribution >= 0.6 is 34.8 Å². The number of nitrogens with two attached hydrogens (primary N) is 1. The summed E-state index contributed by atoms with van der Waals surface area (Å²) in [5.41, 5.74) is 5.30. The molecule has 1 aromatic rings. The molecule has 0 aliphatic rings. The molecule has 0 amide bonds. The molecule has 0 unspecified atom stereocenters. The summed E-state index contributed by atoms with van der Waals surface area (Å²) in [6.45, 7) is 0. The number of nitrogens with one attached hydrogen (secondary N) is 1. The van der Waals surface area contributed by atoms with Gasteiger partial charge in [-0.05, 0) is 18.2 Å². The lowest BCUT2D eigenvalue weighted by Gasteiger charge is -1.99. The van der Waals surface area contributed by atoms with Crippen LogP contribution in [0.15, 0.2) is 23.1 Å². The van der Waals surface area contributed by atoms with Crippen LogP contribution in [-0.4, -0.2) is 20.1 Å². The second-order valence-electron chi connectivity index (χ2n) is 2.87. The van der Waals surface area contributed by atoms with E-state index in [1.54, 1.807) is 0 Å². The highest BCUT2D eigenvalue weighted by molar-refractivity contribution is 7.84. The zero-order chi connectivity index (χ0) is 12.3. The van der Waals surface area contributed by atoms with Gasteiger partial charge >= 0.3 is 10.0 Å². The number of sulfonamides is 1. The normalized spacial score (nSPS) is 12.8. The Balaban J connectivity index is 3.28. The molecule has 0 aliphatic heterocycles. The molecule has 88 valence electrons. The highest BCUT2D eigenvalue weighted by atomic mass is 35.5. The first-order chi connectivity index (χ1) is 7.35. The van der Waals surface area contributed by atoms with Gasteiger partial charge < -0.3 is 0 Å². The molecule has 0 saturated heterocycles. The van der Waals surface area contributed by atoms with Gasteiger partial charge in [0.25, 0.3) is 5.84 Å². The highest BCUT2D eigenvalue weighted by Gasteiger charge is 2.17. The molecular formula is C8H8Cl3N2O2S+. The molecule has 16 heavy (non-hydrogen) atoms. The summed E-state index contributed by atoms with van der Waals surface area (Å²) in [7, 11) is -3.78. The van der Waals surface area contributed by atoms with Gasteiger partial charge in [0.1, 0.15) is 10.8 Å². The van der Waals surface area contributed by atoms with Crippen molar-refractivity contribution in [3.63, 3.8) is 0 Å². The summed E-state index contributed by atoms with van der Waals surface area (Å²) in [6.07, 6.45) is 0. The minimum atomic E-state index is -3.78. The molecule has 1 aromatic carbocycles. The van der Waals surface area contributed by atoms with Crippen LogP contribution < -0.4 is 10.1 Å². The molecule has 0 fully saturated rings. The van der Waals surface area contributed by atoms with Crippen LogP contribution in [0.2, 0.25) is 10.0 Å². The smallest absolute Gasteiger partial charge is 0.289 e. The molecule has 0 aromatic heterocycles. The van der Waals surface area contributed by atoms with Crippen LogP contribution in [0.25, 0.3) is 0 Å². The van der Waals surface area contributed by atoms with Crippen molar-refractivity contribution in [3.05, 3.63) is 28.2 Å². The summed E-state index contributed by atoms with van der Waals surface area (Å²) in [4.78, 5) is -0.0712. The molecule has 0 bridgehead atoms. The third-order valence-electron chi connectivity index (χ3n) is 1.56. The van der Waals surface area contributed by atoms with Crippen molar-refractivity contribution in [1.82, 2.24) is 0 Å². The van der Waals surface area contributed by atoms with Crippen molar-refractivity contribution in [2.75, 3.05) is 5.88 Å². The Hall–Kier alpha value is -0.490. The van der Waals surface area contributed by atoms with E-state index in [0.29, 0.717) is 0 Å². The van der Waals surface area contributed by atoms with Crippen molar-refractivity contribution in [3.8, 4) is 0 Å². The van der Waals surface area contributed by atoms with Crippen molar-refractivity contribution in [2.24, 2.45) is 5.73 Å². The van der Waals surface area contributed by atoms with Gasteiger partial charge in [-0.2, -0.15) is 12.8 Å². The quantitative estimate of drug-likeness (QED) is 0.481. The van der Waals surface area contributed by atoms with E-state index < -0.39 is 10.0 Å². The van der Waals surface area contributed by atoms with Crippen molar-refractivity contribution < 1.29 is 12.8 Å². The Morgan fingerprint density at radius 3 is 2.19 bits per heavy atom. The molecule has 0 atom stereocenters. The number of amidine groups is 1. The lowest BCUT2D eigenvalue weighted by atomic mass is 10.4. The van der Waals surface area contributed by atoms with Gasteiger partial charge in [0.05, 0.1) is 0 Å². The molecule has 4 nitrogen and oxygen atoms in total. The monoisotopic (exact) mass is 301 g/mol. The van der Waals surface area contributed by atoms with E-state index in [4.69, 9.17) is 40.5 Å². The van der Waals surface area contributed by atoms with Crippen molar-refractivity contribution in [1.29, 1.82) is 0 Å². The number of hydrogen-bond donors (Lipinski definition) is 2. The first kappa shape index (κ1) is 13.6. The molecule has 0 aliphatic carbocycles. The summed E-state index contributed by atoms with van der Waals surface area (Å²) in [5.74, 6) is -0.189. The topological polar surface area (TPSA) is 74.1 Å². The SMILES string of the molecule is NC(CCl)=[NH+]S(=O)(=O)c1cc(Cl)cc(Cl)c1. The Morgan fingerprint density at radius 2 is 1.75 bits per heavy atom. The van der Waals surface area contributed by atoms with Crippen LogP contribution in [0.5, 0.6) is 0 Å². The third-order valence-corrected chi connectivity index (χ3v) is 3.67. The van der Waals surface area contributed by atoms with Crippen LogP contribution in [0.3, 0.4) is 0 Å². The molecule has 0 radical (unpaired) electrons. The van der Waals surface area contributed by atoms with Crippen LogP contribution in [0, 0.1) is 0 Å². The molecule has 1 rings (SSSR count). The first-order valence-electron chi connectivity index (χ1n) is 4.01. The van der Waals surface area contributed by atoms with Gasteiger partial charge in [0.2, 0.25) is 0 Å². The number of halogens is 3. The Morgan fingerprint density at radius 1 is 1.25 bits per heavy atom. The summed E-state index contributed by atoms with van der Waals surface area (Å²) >= 11 is 16.7. The van der Waals surface area contributed by atoms with E-state index in [1.807, 2.05) is 0 Å². The Labute approximate surface area is 108 Å². The lowest BCUT2D eigenvalue weighted by molar-refractivity contribution is -0.269. The predicted molar refractivity (Wildman–Crippen MR) is 64.5 cm³/mol. The molecule has 0 heterocycles. The van der Waals surface area contributed by atoms with Gasteiger partial charge in [0, 0.05) is 10.0 Å². The lowest BCUT2D eigenvalue weighted by Crippen LogP contribution is -2.79. The average molecular weight is 303 g/mol. The van der Waals surface area contributed by atoms with E-state index in [-0.39, 0.29) is 26.7 Å². The molecule has 0 spiro atoms. The zero-order valence-electron chi connectivity index (χ0n) is 7.88.